The molecule has 2 amide bonds. The number of benzene rings is 1. The van der Waals surface area contributed by atoms with Gasteiger partial charge >= 0.3 is 0 Å². The standard InChI is InChI=1S/C26H40N2O4SSi/c1-17(22-21(23(29)27-22)18(2)32-34(6,7)26(3,4)5)25(31)33-20-14-10-9-13-19(20)24(30)28-15-11-8-12-16-28/h9-10,13-14,17-18,21-22H,8,11-12,15-16H2,1-7H3,(H,27,29)/t17-,18-,21-,22-/m1/s1. The zero-order valence-electron chi connectivity index (χ0n) is 21.6. The van der Waals surface area contributed by atoms with Gasteiger partial charge in [-0.2, -0.15) is 0 Å². The summed E-state index contributed by atoms with van der Waals surface area (Å²) in [6, 6.07) is 7.08. The predicted molar refractivity (Wildman–Crippen MR) is 139 cm³/mol. The molecule has 1 aromatic rings. The third kappa shape index (κ3) is 5.77. The fourth-order valence-corrected chi connectivity index (χ4v) is 6.81. The van der Waals surface area contributed by atoms with E-state index in [0.29, 0.717) is 10.5 Å². The van der Waals surface area contributed by atoms with Crippen molar-refractivity contribution in [3.8, 4) is 0 Å². The maximum absolute atomic E-state index is 13.3. The Bertz CT molecular complexity index is 924. The summed E-state index contributed by atoms with van der Waals surface area (Å²) in [5, 5.41) is 2.93. The van der Waals surface area contributed by atoms with E-state index in [1.165, 1.54) is 0 Å². The molecule has 0 aromatic heterocycles. The molecule has 2 aliphatic heterocycles. The van der Waals surface area contributed by atoms with E-state index in [-0.39, 0.29) is 40.0 Å². The molecule has 1 N–H and O–H groups in total. The molecular formula is C26H40N2O4SSi. The van der Waals surface area contributed by atoms with Crippen LogP contribution in [0.2, 0.25) is 18.1 Å². The summed E-state index contributed by atoms with van der Waals surface area (Å²) in [6.07, 6.45) is 2.94. The lowest BCUT2D eigenvalue weighted by molar-refractivity contribution is -0.143. The van der Waals surface area contributed by atoms with Crippen molar-refractivity contribution < 1.29 is 18.8 Å². The Morgan fingerprint density at radius 1 is 1.12 bits per heavy atom. The molecule has 0 saturated carbocycles. The monoisotopic (exact) mass is 504 g/mol. The maximum atomic E-state index is 13.3. The molecule has 0 bridgehead atoms. The summed E-state index contributed by atoms with van der Waals surface area (Å²) < 4.78 is 6.48. The van der Waals surface area contributed by atoms with Crippen LogP contribution >= 0.6 is 11.8 Å². The SMILES string of the molecule is C[C@@H](O[Si](C)(C)C(C)(C)C)[C@H]1C(=O)N[C@@H]1[C@@H](C)C(=O)Sc1ccccc1C(=O)N1CCCCC1. The highest BCUT2D eigenvalue weighted by Crippen LogP contribution is 2.40. The van der Waals surface area contributed by atoms with Crippen LogP contribution in [0.1, 0.15) is 64.2 Å². The van der Waals surface area contributed by atoms with Gasteiger partial charge in [-0.05, 0) is 56.5 Å². The Balaban J connectivity index is 1.69. The number of hydrogen-bond donors (Lipinski definition) is 1. The quantitative estimate of drug-likeness (QED) is 0.318. The summed E-state index contributed by atoms with van der Waals surface area (Å²) in [5.74, 6) is -0.800. The van der Waals surface area contributed by atoms with Crippen molar-refractivity contribution in [3.05, 3.63) is 29.8 Å². The molecule has 1 aromatic carbocycles. The van der Waals surface area contributed by atoms with Gasteiger partial charge in [0.25, 0.3) is 5.91 Å². The normalized spacial score (nSPS) is 23.0. The smallest absolute Gasteiger partial charge is 0.255 e. The van der Waals surface area contributed by atoms with E-state index in [4.69, 9.17) is 4.43 Å². The number of β-lactam (4-membered cyclic amide) rings is 1. The number of nitrogens with zero attached hydrogens (tertiary/aromatic N) is 1. The Morgan fingerprint density at radius 2 is 1.74 bits per heavy atom. The number of hydrogen-bond acceptors (Lipinski definition) is 5. The summed E-state index contributed by atoms with van der Waals surface area (Å²) in [4.78, 5) is 41.4. The van der Waals surface area contributed by atoms with Crippen molar-refractivity contribution in [1.29, 1.82) is 0 Å². The van der Waals surface area contributed by atoms with Crippen molar-refractivity contribution in [2.75, 3.05) is 13.1 Å². The van der Waals surface area contributed by atoms with Gasteiger partial charge in [0, 0.05) is 23.9 Å². The van der Waals surface area contributed by atoms with Crippen LogP contribution in [0.5, 0.6) is 0 Å². The van der Waals surface area contributed by atoms with Crippen molar-refractivity contribution in [2.45, 2.75) is 89.1 Å². The second-order valence-corrected chi connectivity index (χ2v) is 17.0. The number of piperidine rings is 1. The minimum atomic E-state index is -2.04. The first-order valence-corrected chi connectivity index (χ1v) is 16.1. The van der Waals surface area contributed by atoms with Gasteiger partial charge in [-0.3, -0.25) is 14.4 Å². The fraction of sp³-hybridized carbons (Fsp3) is 0.654. The predicted octanol–water partition coefficient (Wildman–Crippen LogP) is 5.09. The van der Waals surface area contributed by atoms with E-state index < -0.39 is 14.2 Å². The zero-order chi connectivity index (χ0) is 25.3. The Labute approximate surface area is 209 Å². The average Bonchev–Trinajstić information content (AvgIpc) is 2.76. The third-order valence-electron chi connectivity index (χ3n) is 7.67. The van der Waals surface area contributed by atoms with Gasteiger partial charge in [0.05, 0.1) is 23.6 Å². The van der Waals surface area contributed by atoms with Gasteiger partial charge in [-0.1, -0.05) is 51.6 Å². The van der Waals surface area contributed by atoms with E-state index in [2.05, 4.69) is 39.2 Å². The van der Waals surface area contributed by atoms with Gasteiger partial charge in [-0.25, -0.2) is 0 Å². The molecule has 2 fully saturated rings. The molecule has 6 nitrogen and oxygen atoms in total. The minimum absolute atomic E-state index is 0.00512. The molecule has 0 radical (unpaired) electrons. The van der Waals surface area contributed by atoms with Crippen LogP contribution < -0.4 is 5.32 Å². The Hall–Kier alpha value is -1.64. The molecular weight excluding hydrogens is 464 g/mol. The van der Waals surface area contributed by atoms with Crippen molar-refractivity contribution in [2.24, 2.45) is 11.8 Å². The minimum Gasteiger partial charge on any atom is -0.413 e. The fourth-order valence-electron chi connectivity index (χ4n) is 4.42. The number of carbonyl (C=O) groups is 3. The largest absolute Gasteiger partial charge is 0.413 e. The third-order valence-corrected chi connectivity index (χ3v) is 13.4. The zero-order valence-corrected chi connectivity index (χ0v) is 23.5. The number of carbonyl (C=O) groups excluding carboxylic acids is 3. The van der Waals surface area contributed by atoms with Crippen LogP contribution in [-0.4, -0.2) is 55.4 Å². The number of thioether (sulfide) groups is 1. The lowest BCUT2D eigenvalue weighted by atomic mass is 9.79. The highest BCUT2D eigenvalue weighted by molar-refractivity contribution is 8.13. The summed E-state index contributed by atoms with van der Waals surface area (Å²) in [5.41, 5.74) is 0.582. The highest BCUT2D eigenvalue weighted by atomic mass is 32.2. The van der Waals surface area contributed by atoms with Crippen LogP contribution in [0.25, 0.3) is 0 Å². The average molecular weight is 505 g/mol. The van der Waals surface area contributed by atoms with Crippen LogP contribution in [0.3, 0.4) is 0 Å². The molecule has 188 valence electrons. The summed E-state index contributed by atoms with van der Waals surface area (Å²) in [6.45, 7) is 16.2. The first-order chi connectivity index (χ1) is 15.8. The van der Waals surface area contributed by atoms with Gasteiger partial charge in [0.2, 0.25) is 5.91 Å². The van der Waals surface area contributed by atoms with Gasteiger partial charge < -0.3 is 14.6 Å². The lowest BCUT2D eigenvalue weighted by Gasteiger charge is -2.46. The number of rotatable bonds is 7. The van der Waals surface area contributed by atoms with Gasteiger partial charge in [0.1, 0.15) is 0 Å². The van der Waals surface area contributed by atoms with Crippen LogP contribution in [0.15, 0.2) is 29.2 Å². The van der Waals surface area contributed by atoms with Crippen LogP contribution in [0, 0.1) is 11.8 Å². The molecule has 0 aliphatic carbocycles. The maximum Gasteiger partial charge on any atom is 0.255 e. The first-order valence-electron chi connectivity index (χ1n) is 12.4. The van der Waals surface area contributed by atoms with Crippen molar-refractivity contribution in [1.82, 2.24) is 10.2 Å². The highest BCUT2D eigenvalue weighted by Gasteiger charge is 2.50. The van der Waals surface area contributed by atoms with Crippen LogP contribution in [0.4, 0.5) is 0 Å². The second-order valence-electron chi connectivity index (χ2n) is 11.2. The topological polar surface area (TPSA) is 75.7 Å². The van der Waals surface area contributed by atoms with Crippen LogP contribution in [-0.2, 0) is 14.0 Å². The molecule has 2 saturated heterocycles. The molecule has 34 heavy (non-hydrogen) atoms. The van der Waals surface area contributed by atoms with E-state index >= 15 is 0 Å². The number of amides is 2. The first kappa shape index (κ1) is 27.0. The van der Waals surface area contributed by atoms with Crippen molar-refractivity contribution >= 4 is 37.0 Å². The lowest BCUT2D eigenvalue weighted by Crippen LogP contribution is -2.66. The van der Waals surface area contributed by atoms with E-state index in [1.807, 2.05) is 36.9 Å². The number of nitrogens with one attached hydrogen (secondary N) is 1. The Morgan fingerprint density at radius 3 is 2.32 bits per heavy atom. The van der Waals surface area contributed by atoms with E-state index in [9.17, 15) is 14.4 Å². The molecule has 2 heterocycles. The molecule has 0 spiro atoms. The second kappa shape index (κ2) is 10.5. The van der Waals surface area contributed by atoms with Crippen molar-refractivity contribution in [3.63, 3.8) is 0 Å². The molecule has 2 aliphatic rings. The van der Waals surface area contributed by atoms with E-state index in [0.717, 1.165) is 44.1 Å². The summed E-state index contributed by atoms with van der Waals surface area (Å²) >= 11 is 1.11. The van der Waals surface area contributed by atoms with E-state index in [1.54, 1.807) is 6.07 Å². The van der Waals surface area contributed by atoms with Gasteiger partial charge in [0.15, 0.2) is 13.4 Å². The summed E-state index contributed by atoms with van der Waals surface area (Å²) in [7, 11) is -2.04. The molecule has 4 atom stereocenters. The number of likely N-dealkylation sites (tertiary alicyclic amines) is 1. The molecule has 0 unspecified atom stereocenters. The Kier molecular flexibility index (Phi) is 8.36. The molecule has 3 rings (SSSR count). The van der Waals surface area contributed by atoms with Gasteiger partial charge in [-0.15, -0.1) is 0 Å². The molecule has 8 heteroatoms.